The van der Waals surface area contributed by atoms with E-state index in [0.717, 1.165) is 32.1 Å². The van der Waals surface area contributed by atoms with Gasteiger partial charge in [-0.25, -0.2) is 0 Å². The third kappa shape index (κ3) is 5.80. The van der Waals surface area contributed by atoms with Crippen LogP contribution >= 0.6 is 0 Å². The van der Waals surface area contributed by atoms with Crippen molar-refractivity contribution >= 4 is 5.91 Å². The Labute approximate surface area is 175 Å². The number of amides is 1. The minimum Gasteiger partial charge on any atom is -0.352 e. The molecule has 1 spiro atoms. The zero-order valence-electron chi connectivity index (χ0n) is 18.5. The van der Waals surface area contributed by atoms with Gasteiger partial charge in [0.2, 0.25) is 5.91 Å². The molecule has 1 aliphatic carbocycles. The second-order valence-corrected chi connectivity index (χ2v) is 9.03. The Morgan fingerprint density at radius 3 is 2.21 bits per heavy atom. The number of hydrogen-bond donors (Lipinski definition) is 2. The van der Waals surface area contributed by atoms with Crippen LogP contribution < -0.4 is 10.6 Å². The van der Waals surface area contributed by atoms with Crippen LogP contribution in [0.1, 0.15) is 82.9 Å². The summed E-state index contributed by atoms with van der Waals surface area (Å²) in [5.74, 6) is 0.684. The van der Waals surface area contributed by atoms with E-state index in [1.807, 2.05) is 0 Å². The molecule has 1 aliphatic heterocycles. The SMILES string of the molecule is CCC(C)c1ccc(C(NCC(=O)NC2CCC3(CC2)OCCO3)C(C)C)cc1. The van der Waals surface area contributed by atoms with Gasteiger partial charge in [-0.3, -0.25) is 4.79 Å². The van der Waals surface area contributed by atoms with Crippen LogP contribution in [0.3, 0.4) is 0 Å². The summed E-state index contributed by atoms with van der Waals surface area (Å²) in [5, 5.41) is 6.66. The molecule has 2 atom stereocenters. The average Bonchev–Trinajstić information content (AvgIpc) is 3.18. The lowest BCUT2D eigenvalue weighted by atomic mass is 9.90. The van der Waals surface area contributed by atoms with Gasteiger partial charge in [-0.2, -0.15) is 0 Å². The van der Waals surface area contributed by atoms with Crippen LogP contribution in [0.15, 0.2) is 24.3 Å². The molecule has 1 aromatic carbocycles. The summed E-state index contributed by atoms with van der Waals surface area (Å²) in [6.07, 6.45) is 4.70. The fourth-order valence-electron chi connectivity index (χ4n) is 4.48. The first-order valence-corrected chi connectivity index (χ1v) is 11.3. The molecular formula is C24H38N2O3. The minimum absolute atomic E-state index is 0.0704. The first-order chi connectivity index (χ1) is 13.9. The van der Waals surface area contributed by atoms with E-state index in [1.54, 1.807) is 0 Å². The largest absolute Gasteiger partial charge is 0.352 e. The van der Waals surface area contributed by atoms with E-state index < -0.39 is 0 Å². The summed E-state index contributed by atoms with van der Waals surface area (Å²) >= 11 is 0. The lowest BCUT2D eigenvalue weighted by Gasteiger charge is -2.35. The molecule has 1 aromatic rings. The monoisotopic (exact) mass is 402 g/mol. The Bertz CT molecular complexity index is 643. The van der Waals surface area contributed by atoms with Gasteiger partial charge in [0.15, 0.2) is 5.79 Å². The molecule has 5 heteroatoms. The maximum Gasteiger partial charge on any atom is 0.234 e. The topological polar surface area (TPSA) is 59.6 Å². The van der Waals surface area contributed by atoms with Crippen LogP contribution in [0.2, 0.25) is 0 Å². The van der Waals surface area contributed by atoms with Crippen LogP contribution in [0.25, 0.3) is 0 Å². The summed E-state index contributed by atoms with van der Waals surface area (Å²) in [5.41, 5.74) is 2.62. The number of hydrogen-bond acceptors (Lipinski definition) is 4. The minimum atomic E-state index is -0.371. The Morgan fingerprint density at radius 1 is 1.07 bits per heavy atom. The van der Waals surface area contributed by atoms with Crippen molar-refractivity contribution in [1.29, 1.82) is 0 Å². The predicted octanol–water partition coefficient (Wildman–Crippen LogP) is 4.29. The molecule has 5 nitrogen and oxygen atoms in total. The number of ether oxygens (including phenoxy) is 2. The lowest BCUT2D eigenvalue weighted by molar-refractivity contribution is -0.180. The number of carbonyl (C=O) groups is 1. The molecule has 2 aliphatic rings. The molecule has 0 aromatic heterocycles. The van der Waals surface area contributed by atoms with Gasteiger partial charge in [0.25, 0.3) is 0 Å². The number of rotatable bonds is 8. The Morgan fingerprint density at radius 2 is 1.66 bits per heavy atom. The Kier molecular flexibility index (Phi) is 7.72. The summed E-state index contributed by atoms with van der Waals surface area (Å²) < 4.78 is 11.5. The molecule has 2 unspecified atom stereocenters. The highest BCUT2D eigenvalue weighted by atomic mass is 16.7. The van der Waals surface area contributed by atoms with E-state index in [2.05, 4.69) is 62.6 Å². The van der Waals surface area contributed by atoms with E-state index in [9.17, 15) is 4.79 Å². The van der Waals surface area contributed by atoms with E-state index in [-0.39, 0.29) is 23.8 Å². The highest BCUT2D eigenvalue weighted by Gasteiger charge is 2.40. The van der Waals surface area contributed by atoms with Gasteiger partial charge in [-0.1, -0.05) is 52.0 Å². The fourth-order valence-corrected chi connectivity index (χ4v) is 4.48. The lowest BCUT2D eigenvalue weighted by Crippen LogP contribution is -2.46. The maximum atomic E-state index is 12.5. The molecule has 3 rings (SSSR count). The van der Waals surface area contributed by atoms with E-state index in [1.165, 1.54) is 11.1 Å². The highest BCUT2D eigenvalue weighted by molar-refractivity contribution is 5.78. The van der Waals surface area contributed by atoms with Crippen molar-refractivity contribution in [3.05, 3.63) is 35.4 Å². The number of carbonyl (C=O) groups excluding carboxylic acids is 1. The van der Waals surface area contributed by atoms with Gasteiger partial charge in [0.05, 0.1) is 19.8 Å². The number of benzene rings is 1. The molecule has 162 valence electrons. The van der Waals surface area contributed by atoms with Crippen molar-refractivity contribution < 1.29 is 14.3 Å². The first kappa shape index (κ1) is 22.3. The van der Waals surface area contributed by atoms with Crippen LogP contribution in [0.4, 0.5) is 0 Å². The summed E-state index contributed by atoms with van der Waals surface area (Å²) in [4.78, 5) is 12.5. The van der Waals surface area contributed by atoms with Gasteiger partial charge in [-0.15, -0.1) is 0 Å². The Hall–Kier alpha value is -1.43. The normalized spacial score (nSPS) is 21.4. The van der Waals surface area contributed by atoms with Crippen LogP contribution in [0.5, 0.6) is 0 Å². The van der Waals surface area contributed by atoms with E-state index in [0.29, 0.717) is 31.6 Å². The molecule has 0 radical (unpaired) electrons. The quantitative estimate of drug-likeness (QED) is 0.681. The van der Waals surface area contributed by atoms with Crippen LogP contribution in [-0.2, 0) is 14.3 Å². The van der Waals surface area contributed by atoms with Crippen molar-refractivity contribution in [1.82, 2.24) is 10.6 Å². The highest BCUT2D eigenvalue weighted by Crippen LogP contribution is 2.35. The molecular weight excluding hydrogens is 364 g/mol. The van der Waals surface area contributed by atoms with Gasteiger partial charge in [0, 0.05) is 24.9 Å². The third-order valence-electron chi connectivity index (χ3n) is 6.55. The van der Waals surface area contributed by atoms with Crippen molar-refractivity contribution in [3.63, 3.8) is 0 Å². The van der Waals surface area contributed by atoms with Crippen molar-refractivity contribution in [2.75, 3.05) is 19.8 Å². The average molecular weight is 403 g/mol. The van der Waals surface area contributed by atoms with Crippen molar-refractivity contribution in [2.45, 2.75) is 83.6 Å². The molecule has 0 bridgehead atoms. The second kappa shape index (κ2) is 10.1. The zero-order chi connectivity index (χ0) is 20.9. The van der Waals surface area contributed by atoms with Gasteiger partial charge in [0.1, 0.15) is 0 Å². The summed E-state index contributed by atoms with van der Waals surface area (Å²) in [6, 6.07) is 9.26. The fraction of sp³-hybridized carbons (Fsp3) is 0.708. The van der Waals surface area contributed by atoms with Gasteiger partial charge < -0.3 is 20.1 Å². The second-order valence-electron chi connectivity index (χ2n) is 9.03. The summed E-state index contributed by atoms with van der Waals surface area (Å²) in [6.45, 7) is 10.6. The van der Waals surface area contributed by atoms with Crippen molar-refractivity contribution in [2.24, 2.45) is 5.92 Å². The Balaban J connectivity index is 1.48. The van der Waals surface area contributed by atoms with Gasteiger partial charge >= 0.3 is 0 Å². The summed E-state index contributed by atoms with van der Waals surface area (Å²) in [7, 11) is 0. The standard InChI is InChI=1S/C24H38N2O3/c1-5-18(4)19-6-8-20(9-7-19)23(17(2)3)25-16-22(27)26-21-10-12-24(13-11-21)28-14-15-29-24/h6-9,17-18,21,23,25H,5,10-16H2,1-4H3,(H,26,27). The first-order valence-electron chi connectivity index (χ1n) is 11.3. The molecule has 1 saturated carbocycles. The zero-order valence-corrected chi connectivity index (χ0v) is 18.5. The molecule has 2 N–H and O–H groups in total. The van der Waals surface area contributed by atoms with Crippen LogP contribution in [-0.4, -0.2) is 37.5 Å². The smallest absolute Gasteiger partial charge is 0.234 e. The molecule has 1 heterocycles. The maximum absolute atomic E-state index is 12.5. The molecule has 1 saturated heterocycles. The molecule has 1 amide bonds. The van der Waals surface area contributed by atoms with Gasteiger partial charge in [-0.05, 0) is 42.2 Å². The van der Waals surface area contributed by atoms with E-state index in [4.69, 9.17) is 9.47 Å². The number of nitrogens with one attached hydrogen (secondary N) is 2. The predicted molar refractivity (Wildman–Crippen MR) is 116 cm³/mol. The van der Waals surface area contributed by atoms with E-state index >= 15 is 0 Å². The molecule has 2 fully saturated rings. The molecule has 29 heavy (non-hydrogen) atoms. The van der Waals surface area contributed by atoms with Crippen molar-refractivity contribution in [3.8, 4) is 0 Å². The van der Waals surface area contributed by atoms with Crippen LogP contribution in [0, 0.1) is 5.92 Å². The third-order valence-corrected chi connectivity index (χ3v) is 6.55.